The highest BCUT2D eigenvalue weighted by molar-refractivity contribution is 5.87. The molecular formula is C18H27ClN2O. The maximum atomic E-state index is 12.8. The van der Waals surface area contributed by atoms with Crippen molar-refractivity contribution in [3.05, 3.63) is 35.9 Å². The summed E-state index contributed by atoms with van der Waals surface area (Å²) in [5.74, 6) is 0.901. The molecule has 0 aromatic heterocycles. The molecule has 3 nitrogen and oxygen atoms in total. The Morgan fingerprint density at radius 3 is 2.41 bits per heavy atom. The lowest BCUT2D eigenvalue weighted by atomic mass is 9.78. The van der Waals surface area contributed by atoms with Gasteiger partial charge in [-0.1, -0.05) is 44.2 Å². The third kappa shape index (κ3) is 3.02. The minimum atomic E-state index is -0.679. The van der Waals surface area contributed by atoms with E-state index in [4.69, 9.17) is 5.73 Å². The van der Waals surface area contributed by atoms with Gasteiger partial charge in [-0.3, -0.25) is 4.79 Å². The molecule has 1 aliphatic carbocycles. The molecule has 3 rings (SSSR count). The van der Waals surface area contributed by atoms with E-state index in [0.717, 1.165) is 25.9 Å². The topological polar surface area (TPSA) is 46.3 Å². The van der Waals surface area contributed by atoms with Gasteiger partial charge in [0.15, 0.2) is 0 Å². The van der Waals surface area contributed by atoms with Crippen LogP contribution in [0, 0.1) is 11.3 Å². The molecule has 1 aliphatic heterocycles. The van der Waals surface area contributed by atoms with Crippen molar-refractivity contribution < 1.29 is 4.79 Å². The molecule has 4 heteroatoms. The second kappa shape index (κ2) is 5.86. The molecule has 2 unspecified atom stereocenters. The van der Waals surface area contributed by atoms with E-state index in [1.165, 1.54) is 5.56 Å². The van der Waals surface area contributed by atoms with Crippen molar-refractivity contribution in [2.24, 2.45) is 17.1 Å². The molecule has 1 aromatic carbocycles. The largest absolute Gasteiger partial charge is 0.340 e. The molecule has 0 bridgehead atoms. The average Bonchev–Trinajstić information content (AvgIpc) is 3.24. The summed E-state index contributed by atoms with van der Waals surface area (Å²) in [6.07, 6.45) is 2.19. The van der Waals surface area contributed by atoms with Gasteiger partial charge in [0, 0.05) is 19.0 Å². The van der Waals surface area contributed by atoms with E-state index in [1.54, 1.807) is 0 Å². The second-order valence-electron chi connectivity index (χ2n) is 7.69. The first kappa shape index (κ1) is 17.3. The monoisotopic (exact) mass is 322 g/mol. The summed E-state index contributed by atoms with van der Waals surface area (Å²) in [4.78, 5) is 14.8. The summed E-state index contributed by atoms with van der Waals surface area (Å²) >= 11 is 0. The summed E-state index contributed by atoms with van der Waals surface area (Å²) in [6.45, 7) is 8.00. The lowest BCUT2D eigenvalue weighted by Gasteiger charge is -2.30. The number of nitrogens with zero attached hydrogens (tertiary/aromatic N) is 1. The first-order valence-electron chi connectivity index (χ1n) is 7.95. The van der Waals surface area contributed by atoms with Crippen molar-refractivity contribution in [2.45, 2.75) is 45.1 Å². The van der Waals surface area contributed by atoms with E-state index in [9.17, 15) is 4.79 Å². The van der Waals surface area contributed by atoms with Gasteiger partial charge in [0.2, 0.25) is 5.91 Å². The Morgan fingerprint density at radius 2 is 1.86 bits per heavy atom. The average molecular weight is 323 g/mol. The zero-order chi connectivity index (χ0) is 15.3. The molecule has 1 amide bonds. The van der Waals surface area contributed by atoms with Gasteiger partial charge in [0.05, 0.1) is 5.54 Å². The van der Waals surface area contributed by atoms with Gasteiger partial charge in [-0.2, -0.15) is 0 Å². The normalized spacial score (nSPS) is 26.2. The third-order valence-electron chi connectivity index (χ3n) is 5.32. The zero-order valence-corrected chi connectivity index (χ0v) is 14.5. The fraction of sp³-hybridized carbons (Fsp3) is 0.611. The summed E-state index contributed by atoms with van der Waals surface area (Å²) in [5, 5.41) is 0. The predicted molar refractivity (Wildman–Crippen MR) is 92.1 cm³/mol. The number of carbonyl (C=O) groups is 1. The molecule has 2 N–H and O–H groups in total. The van der Waals surface area contributed by atoms with Crippen LogP contribution in [0.1, 0.15) is 45.1 Å². The molecule has 22 heavy (non-hydrogen) atoms. The van der Waals surface area contributed by atoms with Crippen LogP contribution in [0.25, 0.3) is 0 Å². The van der Waals surface area contributed by atoms with Crippen LogP contribution in [0.15, 0.2) is 30.3 Å². The number of rotatable bonds is 3. The van der Waals surface area contributed by atoms with E-state index >= 15 is 0 Å². The SMILES string of the molecule is CC1(C)CN(C(=O)C(C)(N)C2CC2)CC1c1ccccc1.Cl. The lowest BCUT2D eigenvalue weighted by Crippen LogP contribution is -2.54. The molecule has 0 radical (unpaired) electrons. The summed E-state index contributed by atoms with van der Waals surface area (Å²) in [6, 6.07) is 10.5. The minimum Gasteiger partial charge on any atom is -0.340 e. The fourth-order valence-electron chi connectivity index (χ4n) is 3.73. The second-order valence-corrected chi connectivity index (χ2v) is 7.69. The summed E-state index contributed by atoms with van der Waals surface area (Å²) < 4.78 is 0. The molecule has 1 heterocycles. The molecule has 1 saturated carbocycles. The first-order valence-corrected chi connectivity index (χ1v) is 7.95. The quantitative estimate of drug-likeness (QED) is 0.929. The van der Waals surface area contributed by atoms with Gasteiger partial charge >= 0.3 is 0 Å². The molecule has 0 spiro atoms. The van der Waals surface area contributed by atoms with Crippen LogP contribution < -0.4 is 5.73 Å². The van der Waals surface area contributed by atoms with Crippen molar-refractivity contribution in [1.29, 1.82) is 0 Å². The van der Waals surface area contributed by atoms with Crippen LogP contribution in [0.2, 0.25) is 0 Å². The van der Waals surface area contributed by atoms with Gasteiger partial charge < -0.3 is 10.6 Å². The Hall–Kier alpha value is -1.06. The maximum absolute atomic E-state index is 12.8. The van der Waals surface area contributed by atoms with Crippen molar-refractivity contribution in [1.82, 2.24) is 4.90 Å². The van der Waals surface area contributed by atoms with Gasteiger partial charge in [-0.25, -0.2) is 0 Å². The molecule has 122 valence electrons. The van der Waals surface area contributed by atoms with E-state index < -0.39 is 5.54 Å². The van der Waals surface area contributed by atoms with Crippen molar-refractivity contribution in [2.75, 3.05) is 13.1 Å². The highest BCUT2D eigenvalue weighted by Gasteiger charge is 2.50. The van der Waals surface area contributed by atoms with Gasteiger partial charge in [-0.15, -0.1) is 12.4 Å². The number of nitrogens with two attached hydrogens (primary N) is 1. The van der Waals surface area contributed by atoms with Crippen molar-refractivity contribution in [3.63, 3.8) is 0 Å². The number of benzene rings is 1. The Morgan fingerprint density at radius 1 is 1.27 bits per heavy atom. The number of halogens is 1. The maximum Gasteiger partial charge on any atom is 0.242 e. The highest BCUT2D eigenvalue weighted by Crippen LogP contribution is 2.45. The van der Waals surface area contributed by atoms with Crippen LogP contribution in [0.3, 0.4) is 0 Å². The van der Waals surface area contributed by atoms with Crippen LogP contribution in [-0.2, 0) is 4.79 Å². The van der Waals surface area contributed by atoms with Crippen LogP contribution in [0.4, 0.5) is 0 Å². The van der Waals surface area contributed by atoms with Gasteiger partial charge in [-0.05, 0) is 36.7 Å². The van der Waals surface area contributed by atoms with Crippen LogP contribution >= 0.6 is 12.4 Å². The Labute approximate surface area is 139 Å². The van der Waals surface area contributed by atoms with Gasteiger partial charge in [0.25, 0.3) is 0 Å². The minimum absolute atomic E-state index is 0. The molecule has 2 atom stereocenters. The van der Waals surface area contributed by atoms with E-state index in [-0.39, 0.29) is 23.7 Å². The number of hydrogen-bond acceptors (Lipinski definition) is 2. The lowest BCUT2D eigenvalue weighted by molar-refractivity contribution is -0.136. The summed E-state index contributed by atoms with van der Waals surface area (Å²) in [7, 11) is 0. The van der Waals surface area contributed by atoms with Crippen molar-refractivity contribution >= 4 is 18.3 Å². The number of carbonyl (C=O) groups excluding carboxylic acids is 1. The van der Waals surface area contributed by atoms with E-state index in [1.807, 2.05) is 17.9 Å². The fourth-order valence-corrected chi connectivity index (χ4v) is 3.73. The Kier molecular flexibility index (Phi) is 4.61. The first-order chi connectivity index (χ1) is 9.82. The van der Waals surface area contributed by atoms with E-state index in [0.29, 0.717) is 11.8 Å². The number of amides is 1. The highest BCUT2D eigenvalue weighted by atomic mass is 35.5. The smallest absolute Gasteiger partial charge is 0.242 e. The summed E-state index contributed by atoms with van der Waals surface area (Å²) in [5.41, 5.74) is 7.06. The molecule has 1 aromatic rings. The Bertz CT molecular complexity index is 537. The molecule has 1 saturated heterocycles. The van der Waals surface area contributed by atoms with Crippen LogP contribution in [-0.4, -0.2) is 29.4 Å². The van der Waals surface area contributed by atoms with Crippen LogP contribution in [0.5, 0.6) is 0 Å². The molecule has 2 fully saturated rings. The third-order valence-corrected chi connectivity index (χ3v) is 5.32. The number of hydrogen-bond donors (Lipinski definition) is 1. The van der Waals surface area contributed by atoms with Crippen molar-refractivity contribution in [3.8, 4) is 0 Å². The zero-order valence-electron chi connectivity index (χ0n) is 13.7. The predicted octanol–water partition coefficient (Wildman–Crippen LogP) is 3.19. The standard InChI is InChI=1S/C18H26N2O.ClH/c1-17(2)12-20(16(21)18(3,19)14-9-10-14)11-15(17)13-7-5-4-6-8-13;/h4-8,14-15H,9-12,19H2,1-3H3;1H. The molecule has 2 aliphatic rings. The molecular weight excluding hydrogens is 296 g/mol. The van der Waals surface area contributed by atoms with E-state index in [2.05, 4.69) is 38.1 Å². The van der Waals surface area contributed by atoms with Gasteiger partial charge in [0.1, 0.15) is 0 Å². The Balaban J connectivity index is 0.00000176. The number of likely N-dealkylation sites (tertiary alicyclic amines) is 1.